The van der Waals surface area contributed by atoms with E-state index in [1.165, 1.54) is 25.7 Å². The summed E-state index contributed by atoms with van der Waals surface area (Å²) in [5.41, 5.74) is 1.40. The molecule has 0 amide bonds. The van der Waals surface area contributed by atoms with Gasteiger partial charge in [-0.3, -0.25) is 4.98 Å². The number of nitrogens with zero attached hydrogens (tertiary/aromatic N) is 2. The standard InChI is InChI=1S/C14H21Br2N3/c1-19(2)14(5-3-4-6-14)10-17-9-13-12(16)7-11(15)8-18-13/h7-8,17H,3-6,9-10H2,1-2H3. The van der Waals surface area contributed by atoms with Gasteiger partial charge in [-0.25, -0.2) is 0 Å². The molecule has 5 heteroatoms. The van der Waals surface area contributed by atoms with Crippen LogP contribution in [0.5, 0.6) is 0 Å². The monoisotopic (exact) mass is 389 g/mol. The Bertz CT molecular complexity index is 429. The van der Waals surface area contributed by atoms with E-state index in [-0.39, 0.29) is 0 Å². The van der Waals surface area contributed by atoms with E-state index in [1.807, 2.05) is 12.3 Å². The van der Waals surface area contributed by atoms with Crippen LogP contribution in [0.1, 0.15) is 31.4 Å². The Morgan fingerprint density at radius 2 is 2.00 bits per heavy atom. The first-order valence-electron chi connectivity index (χ1n) is 6.72. The predicted octanol–water partition coefficient (Wildman–Crippen LogP) is 3.57. The number of hydrogen-bond acceptors (Lipinski definition) is 3. The molecule has 0 aliphatic heterocycles. The maximum absolute atomic E-state index is 4.44. The molecule has 1 aliphatic rings. The average Bonchev–Trinajstić information content (AvgIpc) is 2.82. The van der Waals surface area contributed by atoms with Gasteiger partial charge < -0.3 is 10.2 Å². The van der Waals surface area contributed by atoms with Gasteiger partial charge in [-0.1, -0.05) is 12.8 Å². The van der Waals surface area contributed by atoms with Gasteiger partial charge in [-0.15, -0.1) is 0 Å². The van der Waals surface area contributed by atoms with Crippen molar-refractivity contribution in [2.45, 2.75) is 37.8 Å². The van der Waals surface area contributed by atoms with Crippen LogP contribution in [-0.4, -0.2) is 36.1 Å². The van der Waals surface area contributed by atoms with E-state index < -0.39 is 0 Å². The lowest BCUT2D eigenvalue weighted by atomic mass is 9.96. The van der Waals surface area contributed by atoms with Gasteiger partial charge in [0.2, 0.25) is 0 Å². The molecule has 1 saturated carbocycles. The molecule has 1 fully saturated rings. The van der Waals surface area contributed by atoms with Crippen molar-refractivity contribution in [1.82, 2.24) is 15.2 Å². The number of pyridine rings is 1. The number of hydrogen-bond donors (Lipinski definition) is 1. The third-order valence-electron chi connectivity index (χ3n) is 4.11. The molecule has 3 nitrogen and oxygen atoms in total. The molecule has 106 valence electrons. The summed E-state index contributed by atoms with van der Waals surface area (Å²) in [4.78, 5) is 6.83. The van der Waals surface area contributed by atoms with Crippen LogP contribution in [-0.2, 0) is 6.54 Å². The largest absolute Gasteiger partial charge is 0.309 e. The SMILES string of the molecule is CN(C)C1(CNCc2ncc(Br)cc2Br)CCCC1. The van der Waals surface area contributed by atoms with E-state index in [1.54, 1.807) is 0 Å². The number of rotatable bonds is 5. The Morgan fingerprint density at radius 1 is 1.32 bits per heavy atom. The second-order valence-electron chi connectivity index (χ2n) is 5.51. The zero-order valence-corrected chi connectivity index (χ0v) is 14.7. The first-order chi connectivity index (χ1) is 9.03. The zero-order valence-electron chi connectivity index (χ0n) is 11.5. The van der Waals surface area contributed by atoms with E-state index in [0.717, 1.165) is 27.7 Å². The summed E-state index contributed by atoms with van der Waals surface area (Å²) in [5, 5.41) is 3.58. The van der Waals surface area contributed by atoms with E-state index in [0.29, 0.717) is 5.54 Å². The Hall–Kier alpha value is 0.0300. The van der Waals surface area contributed by atoms with Gasteiger partial charge in [0.05, 0.1) is 5.69 Å². The molecule has 0 spiro atoms. The highest BCUT2D eigenvalue weighted by Gasteiger charge is 2.35. The van der Waals surface area contributed by atoms with Crippen LogP contribution in [0.25, 0.3) is 0 Å². The maximum atomic E-state index is 4.44. The van der Waals surface area contributed by atoms with Crippen molar-refractivity contribution in [3.8, 4) is 0 Å². The van der Waals surface area contributed by atoms with Crippen LogP contribution in [0.2, 0.25) is 0 Å². The van der Waals surface area contributed by atoms with Gasteiger partial charge in [0, 0.05) is 33.8 Å². The summed E-state index contributed by atoms with van der Waals surface area (Å²) in [6, 6.07) is 2.04. The molecule has 0 radical (unpaired) electrons. The Balaban J connectivity index is 1.92. The summed E-state index contributed by atoms with van der Waals surface area (Å²) in [6.45, 7) is 1.84. The van der Waals surface area contributed by atoms with Gasteiger partial charge in [-0.2, -0.15) is 0 Å². The van der Waals surface area contributed by atoms with Gasteiger partial charge in [-0.05, 0) is 64.9 Å². The number of nitrogens with one attached hydrogen (secondary N) is 1. The fourth-order valence-electron chi connectivity index (χ4n) is 2.80. The summed E-state index contributed by atoms with van der Waals surface area (Å²) in [5.74, 6) is 0. The second-order valence-corrected chi connectivity index (χ2v) is 7.28. The van der Waals surface area contributed by atoms with Crippen molar-refractivity contribution in [1.29, 1.82) is 0 Å². The lowest BCUT2D eigenvalue weighted by molar-refractivity contribution is 0.153. The summed E-state index contributed by atoms with van der Waals surface area (Å²) >= 11 is 6.99. The van der Waals surface area contributed by atoms with Crippen LogP contribution in [0.3, 0.4) is 0 Å². The van der Waals surface area contributed by atoms with E-state index in [9.17, 15) is 0 Å². The van der Waals surface area contributed by atoms with Crippen LogP contribution >= 0.6 is 31.9 Å². The number of aromatic nitrogens is 1. The zero-order chi connectivity index (χ0) is 13.9. The van der Waals surface area contributed by atoms with Gasteiger partial charge >= 0.3 is 0 Å². The molecular formula is C14H21Br2N3. The molecule has 0 bridgehead atoms. The van der Waals surface area contributed by atoms with Gasteiger partial charge in [0.25, 0.3) is 0 Å². The molecule has 1 N–H and O–H groups in total. The Labute approximate surface area is 132 Å². The van der Waals surface area contributed by atoms with Crippen molar-refractivity contribution in [3.05, 3.63) is 26.9 Å². The normalized spacial score (nSPS) is 18.2. The molecule has 1 aromatic rings. The van der Waals surface area contributed by atoms with Crippen LogP contribution in [0.15, 0.2) is 21.2 Å². The minimum atomic E-state index is 0.335. The summed E-state index contributed by atoms with van der Waals surface area (Å²) < 4.78 is 2.06. The minimum Gasteiger partial charge on any atom is -0.309 e. The molecule has 0 saturated heterocycles. The fraction of sp³-hybridized carbons (Fsp3) is 0.643. The van der Waals surface area contributed by atoms with Crippen molar-refractivity contribution in [3.63, 3.8) is 0 Å². The van der Waals surface area contributed by atoms with Crippen molar-refractivity contribution >= 4 is 31.9 Å². The average molecular weight is 391 g/mol. The van der Waals surface area contributed by atoms with Crippen molar-refractivity contribution in [2.75, 3.05) is 20.6 Å². The summed E-state index contributed by atoms with van der Waals surface area (Å²) in [6.07, 6.45) is 7.13. The van der Waals surface area contributed by atoms with E-state index in [2.05, 4.69) is 61.2 Å². The van der Waals surface area contributed by atoms with Crippen LogP contribution < -0.4 is 5.32 Å². The lowest BCUT2D eigenvalue weighted by Gasteiger charge is -2.36. The lowest BCUT2D eigenvalue weighted by Crippen LogP contribution is -2.49. The molecule has 19 heavy (non-hydrogen) atoms. The molecule has 2 rings (SSSR count). The Morgan fingerprint density at radius 3 is 2.58 bits per heavy atom. The molecule has 1 heterocycles. The Kier molecular flexibility index (Phi) is 5.40. The molecule has 0 aromatic carbocycles. The third-order valence-corrected chi connectivity index (χ3v) is 5.23. The number of halogens is 2. The maximum Gasteiger partial charge on any atom is 0.0684 e. The van der Waals surface area contributed by atoms with Crippen LogP contribution in [0, 0.1) is 0 Å². The predicted molar refractivity (Wildman–Crippen MR) is 86.2 cm³/mol. The minimum absolute atomic E-state index is 0.335. The van der Waals surface area contributed by atoms with E-state index >= 15 is 0 Å². The second kappa shape index (κ2) is 6.66. The van der Waals surface area contributed by atoms with Gasteiger partial charge in [0.1, 0.15) is 0 Å². The van der Waals surface area contributed by atoms with Crippen molar-refractivity contribution < 1.29 is 0 Å². The highest BCUT2D eigenvalue weighted by molar-refractivity contribution is 9.11. The third kappa shape index (κ3) is 3.78. The first kappa shape index (κ1) is 15.4. The molecule has 1 aliphatic carbocycles. The topological polar surface area (TPSA) is 28.2 Å². The molecule has 0 unspecified atom stereocenters. The smallest absolute Gasteiger partial charge is 0.0684 e. The quantitative estimate of drug-likeness (QED) is 0.832. The fourth-order valence-corrected chi connectivity index (χ4v) is 3.93. The first-order valence-corrected chi connectivity index (χ1v) is 8.30. The number of likely N-dealkylation sites (N-methyl/N-ethyl adjacent to an activating group) is 1. The highest BCUT2D eigenvalue weighted by Crippen LogP contribution is 2.33. The summed E-state index contributed by atoms with van der Waals surface area (Å²) in [7, 11) is 4.39. The van der Waals surface area contributed by atoms with Crippen LogP contribution in [0.4, 0.5) is 0 Å². The molecular weight excluding hydrogens is 370 g/mol. The molecule has 0 atom stereocenters. The van der Waals surface area contributed by atoms with Gasteiger partial charge in [0.15, 0.2) is 0 Å². The van der Waals surface area contributed by atoms with Crippen molar-refractivity contribution in [2.24, 2.45) is 0 Å². The highest BCUT2D eigenvalue weighted by atomic mass is 79.9. The van der Waals surface area contributed by atoms with E-state index in [4.69, 9.17) is 0 Å². The molecule has 1 aromatic heterocycles.